The van der Waals surface area contributed by atoms with Gasteiger partial charge in [0.25, 0.3) is 5.78 Å². The molecule has 5 aliphatic rings. The van der Waals surface area contributed by atoms with Crippen LogP contribution in [0.3, 0.4) is 0 Å². The minimum atomic E-state index is -2.50. The van der Waals surface area contributed by atoms with Crippen LogP contribution in [-0.2, 0) is 38.1 Å². The highest BCUT2D eigenvalue weighted by Crippen LogP contribution is 2.75. The quantitative estimate of drug-likeness (QED) is 0.292. The summed E-state index contributed by atoms with van der Waals surface area (Å²) in [6.07, 6.45) is 4.39. The normalized spacial score (nSPS) is 50.1. The Bertz CT molecular complexity index is 1030. The van der Waals surface area contributed by atoms with Crippen molar-refractivity contribution in [1.29, 1.82) is 0 Å². The first-order chi connectivity index (χ1) is 15.4. The molecule has 0 aromatic heterocycles. The Kier molecular flexibility index (Phi) is 4.41. The Balaban J connectivity index is 1.74. The summed E-state index contributed by atoms with van der Waals surface area (Å²) in [5.74, 6) is -6.89. The summed E-state index contributed by atoms with van der Waals surface area (Å²) in [6, 6.07) is 0. The lowest BCUT2D eigenvalue weighted by atomic mass is 9.44. The molecular weight excluding hydrogens is 432 g/mol. The predicted molar refractivity (Wildman–Crippen MR) is 110 cm³/mol. The number of carbonyl (C=O) groups excluding carboxylic acids is 3. The molecule has 0 radical (unpaired) electrons. The molecule has 1 unspecified atom stereocenters. The van der Waals surface area contributed by atoms with Gasteiger partial charge in [0.15, 0.2) is 5.76 Å². The third-order valence-electron chi connectivity index (χ3n) is 8.98. The van der Waals surface area contributed by atoms with Gasteiger partial charge in [-0.3, -0.25) is 14.4 Å². The highest BCUT2D eigenvalue weighted by molar-refractivity contribution is 6.21. The van der Waals surface area contributed by atoms with Crippen LogP contribution in [0.2, 0.25) is 0 Å². The van der Waals surface area contributed by atoms with Gasteiger partial charge in [0.2, 0.25) is 5.79 Å². The molecule has 3 aliphatic heterocycles. The van der Waals surface area contributed by atoms with E-state index >= 15 is 0 Å². The lowest BCUT2D eigenvalue weighted by Crippen LogP contribution is -2.75. The Labute approximate surface area is 191 Å². The molecule has 2 aliphatic carbocycles. The van der Waals surface area contributed by atoms with Crippen LogP contribution in [0.15, 0.2) is 24.5 Å². The number of carboxylic acid groups (broad SMARTS) is 1. The van der Waals surface area contributed by atoms with Gasteiger partial charge in [-0.25, -0.2) is 4.79 Å². The van der Waals surface area contributed by atoms with Crippen molar-refractivity contribution < 1.29 is 43.2 Å². The van der Waals surface area contributed by atoms with Crippen LogP contribution in [0.1, 0.15) is 47.0 Å². The second-order valence-corrected chi connectivity index (χ2v) is 10.4. The van der Waals surface area contributed by atoms with Crippen molar-refractivity contribution in [2.75, 3.05) is 0 Å². The monoisotopic (exact) mass is 460 g/mol. The summed E-state index contributed by atoms with van der Waals surface area (Å²) in [5.41, 5.74) is -4.20. The van der Waals surface area contributed by atoms with Gasteiger partial charge in [-0.1, -0.05) is 32.6 Å². The zero-order valence-electron chi connectivity index (χ0n) is 19.1. The summed E-state index contributed by atoms with van der Waals surface area (Å²) in [7, 11) is 0. The first-order valence-corrected chi connectivity index (χ1v) is 11.3. The van der Waals surface area contributed by atoms with Crippen LogP contribution in [-0.4, -0.2) is 52.4 Å². The molecule has 178 valence electrons. The average molecular weight is 460 g/mol. The van der Waals surface area contributed by atoms with Crippen LogP contribution >= 0.6 is 0 Å². The number of fused-ring (bicyclic) bond motifs is 7. The number of rotatable bonds is 3. The SMILES string of the molecule is C=C1OC(=O)[C@](OC(C)=O)([C@]23O[C@H]([C@@H](C)O2)C2(C)C=C[C@H]4C[C@@H](C(=O)O)CC[C@@H]4[C@]23C)C1=O. The number of aliphatic carboxylic acids is 1. The predicted octanol–water partition coefficient (Wildman–Crippen LogP) is 2.14. The molecule has 9 heteroatoms. The molecule has 5 rings (SSSR count). The molecule has 2 bridgehead atoms. The third kappa shape index (κ3) is 2.30. The third-order valence-corrected chi connectivity index (χ3v) is 8.98. The molecule has 33 heavy (non-hydrogen) atoms. The van der Waals surface area contributed by atoms with E-state index in [4.69, 9.17) is 18.9 Å². The van der Waals surface area contributed by atoms with Gasteiger partial charge < -0.3 is 24.1 Å². The Morgan fingerprint density at radius 2 is 1.91 bits per heavy atom. The molecule has 4 fully saturated rings. The number of carboxylic acids is 1. The zero-order valence-corrected chi connectivity index (χ0v) is 19.1. The van der Waals surface area contributed by atoms with E-state index in [9.17, 15) is 24.3 Å². The van der Waals surface area contributed by atoms with Crippen molar-refractivity contribution in [3.05, 3.63) is 24.5 Å². The number of esters is 2. The average Bonchev–Trinajstić information content (AvgIpc) is 3.28. The van der Waals surface area contributed by atoms with Gasteiger partial charge in [0.05, 0.1) is 18.1 Å². The minimum Gasteiger partial charge on any atom is -0.481 e. The molecular formula is C24H28O9. The highest BCUT2D eigenvalue weighted by atomic mass is 16.8. The largest absolute Gasteiger partial charge is 0.481 e. The number of cyclic esters (lactones) is 1. The van der Waals surface area contributed by atoms with Crippen molar-refractivity contribution in [2.45, 2.75) is 70.6 Å². The Hall–Kier alpha value is -2.52. The molecule has 1 N–H and O–H groups in total. The summed E-state index contributed by atoms with van der Waals surface area (Å²) < 4.78 is 23.5. The molecule has 0 aromatic carbocycles. The maximum atomic E-state index is 13.5. The number of carbonyl (C=O) groups is 4. The van der Waals surface area contributed by atoms with Gasteiger partial charge in [-0.05, 0) is 38.0 Å². The van der Waals surface area contributed by atoms with Crippen LogP contribution in [0.4, 0.5) is 0 Å². The van der Waals surface area contributed by atoms with E-state index in [0.717, 1.165) is 6.92 Å². The summed E-state index contributed by atoms with van der Waals surface area (Å²) in [6.45, 7) is 10.3. The van der Waals surface area contributed by atoms with E-state index in [0.29, 0.717) is 19.3 Å². The highest BCUT2D eigenvalue weighted by Gasteiger charge is 2.89. The fourth-order valence-corrected chi connectivity index (χ4v) is 7.43. The molecule has 3 heterocycles. The van der Waals surface area contributed by atoms with Crippen LogP contribution in [0.25, 0.3) is 0 Å². The number of ketones is 1. The standard InChI is InChI=1S/C24H28O9/c1-11-17(26)23(20(29)30-11,32-13(3)25)24-22(5)16-7-6-15(19(27)28)10-14(16)8-9-21(22,4)18(33-24)12(2)31-24/h8-9,12,14-16,18H,1,6-7,10H2,2-5H3,(H,27,28)/t12-,14+,15+,16+,18-,21?,22-,23+,24+/m1/s1. The van der Waals surface area contributed by atoms with E-state index in [1.54, 1.807) is 6.92 Å². The van der Waals surface area contributed by atoms with Gasteiger partial charge in [0.1, 0.15) is 0 Å². The second-order valence-electron chi connectivity index (χ2n) is 10.4. The van der Waals surface area contributed by atoms with Crippen molar-refractivity contribution in [3.8, 4) is 0 Å². The molecule has 0 amide bonds. The maximum absolute atomic E-state index is 13.5. The van der Waals surface area contributed by atoms with E-state index in [-0.39, 0.29) is 11.8 Å². The summed E-state index contributed by atoms with van der Waals surface area (Å²) in [5, 5.41) is 9.59. The number of Topliss-reactive ketones (excluding diaryl/α,β-unsaturated/α-hetero) is 1. The first-order valence-electron chi connectivity index (χ1n) is 11.3. The number of ether oxygens (including phenoxy) is 4. The molecule has 9 nitrogen and oxygen atoms in total. The fourth-order valence-electron chi connectivity index (χ4n) is 7.43. The lowest BCUT2D eigenvalue weighted by Gasteiger charge is -2.61. The van der Waals surface area contributed by atoms with Crippen molar-refractivity contribution in [3.63, 3.8) is 0 Å². The first kappa shape index (κ1) is 22.3. The summed E-state index contributed by atoms with van der Waals surface area (Å²) in [4.78, 5) is 50.8. The van der Waals surface area contributed by atoms with Crippen LogP contribution < -0.4 is 0 Å². The second kappa shape index (κ2) is 6.54. The minimum absolute atomic E-state index is 0.137. The topological polar surface area (TPSA) is 125 Å². The summed E-state index contributed by atoms with van der Waals surface area (Å²) >= 11 is 0. The molecule has 3 saturated heterocycles. The van der Waals surface area contributed by atoms with Gasteiger partial charge in [-0.15, -0.1) is 0 Å². The molecule has 0 spiro atoms. The number of allylic oxidation sites excluding steroid dienone is 1. The smallest absolute Gasteiger partial charge is 0.370 e. The van der Waals surface area contributed by atoms with E-state index < -0.39 is 69.8 Å². The van der Waals surface area contributed by atoms with Gasteiger partial charge in [-0.2, -0.15) is 0 Å². The fraction of sp³-hybridized carbons (Fsp3) is 0.667. The lowest BCUT2D eigenvalue weighted by molar-refractivity contribution is -0.319. The van der Waals surface area contributed by atoms with E-state index in [1.807, 2.05) is 26.0 Å². The van der Waals surface area contributed by atoms with Crippen molar-refractivity contribution in [2.24, 2.45) is 28.6 Å². The maximum Gasteiger partial charge on any atom is 0.370 e. The molecule has 1 saturated carbocycles. The van der Waals surface area contributed by atoms with Crippen molar-refractivity contribution >= 4 is 23.7 Å². The zero-order chi connectivity index (χ0) is 24.1. The molecule has 9 atom stereocenters. The van der Waals surface area contributed by atoms with Crippen LogP contribution in [0.5, 0.6) is 0 Å². The Morgan fingerprint density at radius 1 is 1.21 bits per heavy atom. The van der Waals surface area contributed by atoms with Crippen LogP contribution in [0, 0.1) is 28.6 Å². The number of hydrogen-bond donors (Lipinski definition) is 1. The van der Waals surface area contributed by atoms with E-state index in [1.165, 1.54) is 0 Å². The van der Waals surface area contributed by atoms with E-state index in [2.05, 4.69) is 6.58 Å². The number of hydrogen-bond acceptors (Lipinski definition) is 8. The van der Waals surface area contributed by atoms with Gasteiger partial charge >= 0.3 is 23.5 Å². The Morgan fingerprint density at radius 3 is 2.48 bits per heavy atom. The molecule has 0 aromatic rings. The van der Waals surface area contributed by atoms with Gasteiger partial charge in [0, 0.05) is 17.8 Å². The van der Waals surface area contributed by atoms with Crippen molar-refractivity contribution in [1.82, 2.24) is 0 Å².